The molecule has 2 aromatic heterocycles. The van der Waals surface area contributed by atoms with Gasteiger partial charge in [-0.1, -0.05) is 72.8 Å². The summed E-state index contributed by atoms with van der Waals surface area (Å²) in [6, 6.07) is 31.7. The second-order valence-electron chi connectivity index (χ2n) is 7.59. The summed E-state index contributed by atoms with van der Waals surface area (Å²) < 4.78 is 29.0. The minimum absolute atomic E-state index is 0.844. The molecule has 6 aromatic rings. The first-order valence-corrected chi connectivity index (χ1v) is 12.1. The molecule has 0 spiro atoms. The molecule has 31 heavy (non-hydrogen) atoms. The number of benzene rings is 4. The Morgan fingerprint density at radius 2 is 0.774 bits per heavy atom. The molecule has 2 heterocycles. The number of hydrogen-bond acceptors (Lipinski definition) is 3. The lowest BCUT2D eigenvalue weighted by molar-refractivity contribution is 0.200. The SMILES string of the molecule is CP(=O)(On1c2ccccc2c2ccccc21)On1c2ccccc2c2ccccc21. The molecular weight excluding hydrogens is 407 g/mol. The van der Waals surface area contributed by atoms with Gasteiger partial charge in [0.15, 0.2) is 0 Å². The smallest absolute Gasteiger partial charge is 0.322 e. The minimum atomic E-state index is -3.56. The van der Waals surface area contributed by atoms with Crippen molar-refractivity contribution in [1.29, 1.82) is 0 Å². The van der Waals surface area contributed by atoms with Gasteiger partial charge in [0.1, 0.15) is 0 Å². The fraction of sp³-hybridized carbons (Fsp3) is 0.0400. The Hall–Kier alpha value is -3.69. The summed E-state index contributed by atoms with van der Waals surface area (Å²) in [5.41, 5.74) is 3.38. The summed E-state index contributed by atoms with van der Waals surface area (Å²) in [6.45, 7) is 1.50. The van der Waals surface area contributed by atoms with Crippen molar-refractivity contribution in [2.75, 3.05) is 6.66 Å². The van der Waals surface area contributed by atoms with E-state index in [-0.39, 0.29) is 0 Å². The van der Waals surface area contributed by atoms with Crippen molar-refractivity contribution in [1.82, 2.24) is 9.46 Å². The van der Waals surface area contributed by atoms with Crippen LogP contribution in [0.15, 0.2) is 97.1 Å². The predicted molar refractivity (Wildman–Crippen MR) is 126 cm³/mol. The topological polar surface area (TPSA) is 45.4 Å². The van der Waals surface area contributed by atoms with Gasteiger partial charge < -0.3 is 9.25 Å². The Morgan fingerprint density at radius 1 is 0.516 bits per heavy atom. The fourth-order valence-electron chi connectivity index (χ4n) is 4.26. The molecule has 0 N–H and O–H groups in total. The average molecular weight is 426 g/mol. The van der Waals surface area contributed by atoms with E-state index in [1.807, 2.05) is 97.1 Å². The molecule has 6 heteroatoms. The van der Waals surface area contributed by atoms with Crippen LogP contribution in [0.2, 0.25) is 0 Å². The maximum atomic E-state index is 13.6. The third kappa shape index (κ3) is 2.82. The molecule has 4 aromatic carbocycles. The molecular formula is C25H19N2O3P. The van der Waals surface area contributed by atoms with Gasteiger partial charge in [0.2, 0.25) is 0 Å². The maximum Gasteiger partial charge on any atom is 0.464 e. The number of rotatable bonds is 4. The lowest BCUT2D eigenvalue weighted by atomic mass is 10.2. The van der Waals surface area contributed by atoms with Crippen molar-refractivity contribution < 1.29 is 13.8 Å². The van der Waals surface area contributed by atoms with E-state index >= 15 is 0 Å². The van der Waals surface area contributed by atoms with Crippen LogP contribution in [-0.2, 0) is 4.57 Å². The van der Waals surface area contributed by atoms with E-state index in [1.165, 1.54) is 6.66 Å². The van der Waals surface area contributed by atoms with Crippen molar-refractivity contribution >= 4 is 51.2 Å². The largest absolute Gasteiger partial charge is 0.464 e. The van der Waals surface area contributed by atoms with E-state index in [0.29, 0.717) is 0 Å². The average Bonchev–Trinajstić information content (AvgIpc) is 3.28. The normalized spacial score (nSPS) is 12.2. The maximum absolute atomic E-state index is 13.6. The Morgan fingerprint density at radius 3 is 1.06 bits per heavy atom. The number of nitrogens with zero attached hydrogens (tertiary/aromatic N) is 2. The first-order chi connectivity index (χ1) is 15.1. The van der Waals surface area contributed by atoms with E-state index in [9.17, 15) is 4.57 Å². The van der Waals surface area contributed by atoms with Gasteiger partial charge in [-0.15, -0.1) is 0 Å². The molecule has 0 atom stereocenters. The second kappa shape index (κ2) is 6.66. The van der Waals surface area contributed by atoms with Gasteiger partial charge in [0.05, 0.1) is 28.7 Å². The third-order valence-electron chi connectivity index (χ3n) is 5.53. The Balaban J connectivity index is 1.49. The molecule has 0 bridgehead atoms. The van der Waals surface area contributed by atoms with Crippen molar-refractivity contribution in [3.8, 4) is 0 Å². The molecule has 0 saturated carbocycles. The lowest BCUT2D eigenvalue weighted by Gasteiger charge is -2.18. The number of fused-ring (bicyclic) bond motifs is 6. The third-order valence-corrected chi connectivity index (χ3v) is 6.45. The minimum Gasteiger partial charge on any atom is -0.322 e. The van der Waals surface area contributed by atoms with Crippen LogP contribution in [0.5, 0.6) is 0 Å². The Bertz CT molecular complexity index is 1420. The van der Waals surface area contributed by atoms with Gasteiger partial charge >= 0.3 is 7.60 Å². The summed E-state index contributed by atoms with van der Waals surface area (Å²) in [6.07, 6.45) is 0. The zero-order valence-corrected chi connectivity index (χ0v) is 17.7. The van der Waals surface area contributed by atoms with Gasteiger partial charge in [0.25, 0.3) is 0 Å². The lowest BCUT2D eigenvalue weighted by Crippen LogP contribution is -2.17. The molecule has 6 rings (SSSR count). The van der Waals surface area contributed by atoms with Crippen LogP contribution in [0.1, 0.15) is 0 Å². The summed E-state index contributed by atoms with van der Waals surface area (Å²) in [7, 11) is -3.56. The van der Waals surface area contributed by atoms with Crippen molar-refractivity contribution in [2.24, 2.45) is 0 Å². The molecule has 5 nitrogen and oxygen atoms in total. The Kier molecular flexibility index (Phi) is 3.89. The molecule has 0 amide bonds. The van der Waals surface area contributed by atoms with Crippen LogP contribution in [0.3, 0.4) is 0 Å². The van der Waals surface area contributed by atoms with E-state index in [1.54, 1.807) is 9.46 Å². The van der Waals surface area contributed by atoms with Crippen LogP contribution in [0, 0.1) is 0 Å². The highest BCUT2D eigenvalue weighted by Gasteiger charge is 2.26. The van der Waals surface area contributed by atoms with Crippen LogP contribution in [0.25, 0.3) is 43.6 Å². The molecule has 0 saturated heterocycles. The summed E-state index contributed by atoms with van der Waals surface area (Å²) in [5.74, 6) is 0. The molecule has 0 radical (unpaired) electrons. The fourth-order valence-corrected chi connectivity index (χ4v) is 5.24. The van der Waals surface area contributed by atoms with E-state index in [4.69, 9.17) is 9.25 Å². The number of aromatic nitrogens is 2. The van der Waals surface area contributed by atoms with Gasteiger partial charge in [-0.2, -0.15) is 9.46 Å². The molecule has 0 unspecified atom stereocenters. The predicted octanol–water partition coefficient (Wildman–Crippen LogP) is 6.28. The standard InChI is InChI=1S/C25H19N2O3P/c1-31(28,29-26-22-14-6-2-10-18(22)19-11-3-7-15-23(19)26)30-27-24-16-8-4-12-20(24)21-13-5-9-17-25(21)27/h2-17H,1H3. The zero-order chi connectivity index (χ0) is 21.0. The highest BCUT2D eigenvalue weighted by atomic mass is 31.2. The summed E-state index contributed by atoms with van der Waals surface area (Å²) >= 11 is 0. The van der Waals surface area contributed by atoms with Crippen LogP contribution in [0.4, 0.5) is 0 Å². The van der Waals surface area contributed by atoms with E-state index < -0.39 is 7.60 Å². The molecule has 0 aliphatic rings. The van der Waals surface area contributed by atoms with Crippen LogP contribution >= 0.6 is 7.60 Å². The van der Waals surface area contributed by atoms with Crippen LogP contribution in [-0.4, -0.2) is 16.1 Å². The molecule has 0 fully saturated rings. The first-order valence-electron chi connectivity index (χ1n) is 10.1. The quantitative estimate of drug-likeness (QED) is 0.312. The summed E-state index contributed by atoms with van der Waals surface area (Å²) in [4.78, 5) is 0. The van der Waals surface area contributed by atoms with Crippen molar-refractivity contribution in [3.63, 3.8) is 0 Å². The molecule has 0 aliphatic heterocycles. The van der Waals surface area contributed by atoms with E-state index in [0.717, 1.165) is 43.6 Å². The van der Waals surface area contributed by atoms with Gasteiger partial charge in [0, 0.05) is 21.5 Å². The van der Waals surface area contributed by atoms with Crippen LogP contribution < -0.4 is 9.25 Å². The molecule has 152 valence electrons. The number of para-hydroxylation sites is 4. The van der Waals surface area contributed by atoms with Gasteiger partial charge in [-0.3, -0.25) is 0 Å². The summed E-state index contributed by atoms with van der Waals surface area (Å²) in [5, 5.41) is 4.15. The number of hydrogen-bond donors (Lipinski definition) is 0. The highest BCUT2D eigenvalue weighted by Crippen LogP contribution is 2.41. The van der Waals surface area contributed by atoms with Gasteiger partial charge in [-0.05, 0) is 24.3 Å². The van der Waals surface area contributed by atoms with Crippen molar-refractivity contribution in [2.45, 2.75) is 0 Å². The van der Waals surface area contributed by atoms with Gasteiger partial charge in [-0.25, -0.2) is 4.57 Å². The Labute approximate surface area is 178 Å². The second-order valence-corrected chi connectivity index (χ2v) is 9.46. The zero-order valence-electron chi connectivity index (χ0n) is 16.8. The van der Waals surface area contributed by atoms with E-state index in [2.05, 4.69) is 0 Å². The monoisotopic (exact) mass is 426 g/mol. The first kappa shape index (κ1) is 18.1. The van der Waals surface area contributed by atoms with Crippen molar-refractivity contribution in [3.05, 3.63) is 97.1 Å². The molecule has 0 aliphatic carbocycles. The highest BCUT2D eigenvalue weighted by molar-refractivity contribution is 7.53.